The first kappa shape index (κ1) is 23.0. The summed E-state index contributed by atoms with van der Waals surface area (Å²) >= 11 is 0. The van der Waals surface area contributed by atoms with Crippen molar-refractivity contribution in [2.45, 2.75) is 50.4 Å². The van der Waals surface area contributed by atoms with Gasteiger partial charge in [0, 0.05) is 5.56 Å². The van der Waals surface area contributed by atoms with Gasteiger partial charge in [-0.05, 0) is 43.4 Å². The van der Waals surface area contributed by atoms with Crippen molar-refractivity contribution >= 4 is 5.69 Å². The molecule has 0 saturated carbocycles. The molecule has 33 heavy (non-hydrogen) atoms. The Kier molecular flexibility index (Phi) is 5.79. The lowest BCUT2D eigenvalue weighted by Gasteiger charge is -2.18. The maximum atomic E-state index is 14.5. The molecule has 3 heterocycles. The van der Waals surface area contributed by atoms with Gasteiger partial charge >= 0.3 is 12.4 Å². The molecule has 1 aliphatic rings. The van der Waals surface area contributed by atoms with Crippen LogP contribution in [0.25, 0.3) is 11.6 Å². The predicted octanol–water partition coefficient (Wildman–Crippen LogP) is 5.83. The zero-order valence-corrected chi connectivity index (χ0v) is 16.9. The van der Waals surface area contributed by atoms with Crippen LogP contribution in [0, 0.1) is 5.82 Å². The van der Waals surface area contributed by atoms with Crippen LogP contribution in [0.2, 0.25) is 0 Å². The summed E-state index contributed by atoms with van der Waals surface area (Å²) in [6.07, 6.45) is -8.12. The monoisotopic (exact) mass is 474 g/mol. The summed E-state index contributed by atoms with van der Waals surface area (Å²) in [5.74, 6) is -5.22. The summed E-state index contributed by atoms with van der Waals surface area (Å²) < 4.78 is 102. The number of nitrogens with zero attached hydrogens (tertiary/aromatic N) is 3. The van der Waals surface area contributed by atoms with Gasteiger partial charge in [0.2, 0.25) is 5.89 Å². The van der Waals surface area contributed by atoms with Gasteiger partial charge in [-0.25, -0.2) is 9.37 Å². The van der Waals surface area contributed by atoms with Crippen LogP contribution in [-0.4, -0.2) is 21.4 Å². The molecule has 4 rings (SSSR count). The molecule has 0 fully saturated rings. The number of halogens is 7. The maximum Gasteiger partial charge on any atom is 0.418 e. The lowest BCUT2D eigenvalue weighted by Crippen LogP contribution is -2.23. The van der Waals surface area contributed by atoms with E-state index in [1.54, 1.807) is 0 Å². The van der Waals surface area contributed by atoms with E-state index in [-0.39, 0.29) is 17.8 Å². The standard InChI is InChI=1S/C21H17F7N4O/c22-13-7-6-10-4-2-1-3-5-15-12(20(23,24)25)9-14(29)17(30-15)19-32-31-18(33-19)16(11(13)8-10)21(26,27)28/h6-9,16H,1-5,29H2. The zero-order valence-electron chi connectivity index (χ0n) is 16.9. The van der Waals surface area contributed by atoms with Crippen LogP contribution in [0.5, 0.6) is 0 Å². The van der Waals surface area contributed by atoms with E-state index in [0.717, 1.165) is 12.1 Å². The van der Waals surface area contributed by atoms with Crippen molar-refractivity contribution in [2.75, 3.05) is 5.73 Å². The number of rotatable bonds is 0. The Morgan fingerprint density at radius 1 is 0.939 bits per heavy atom. The third-order valence-electron chi connectivity index (χ3n) is 5.40. The first-order valence-corrected chi connectivity index (χ1v) is 10.0. The van der Waals surface area contributed by atoms with Gasteiger partial charge in [0.05, 0.1) is 16.9 Å². The van der Waals surface area contributed by atoms with Crippen LogP contribution in [0.1, 0.15) is 53.5 Å². The SMILES string of the molecule is Nc1cc(C(F)(F)F)c2nc1-c1nnc(o1)C(C(F)(F)F)c1cc(ccc1F)CCCCC2. The highest BCUT2D eigenvalue weighted by molar-refractivity contribution is 5.67. The molecule has 0 saturated heterocycles. The van der Waals surface area contributed by atoms with Crippen molar-refractivity contribution in [3.05, 3.63) is 58.4 Å². The highest BCUT2D eigenvalue weighted by atomic mass is 19.4. The third kappa shape index (κ3) is 4.64. The number of benzene rings is 1. The van der Waals surface area contributed by atoms with E-state index < -0.39 is 52.7 Å². The van der Waals surface area contributed by atoms with Gasteiger partial charge in [0.15, 0.2) is 11.6 Å². The van der Waals surface area contributed by atoms with E-state index in [2.05, 4.69) is 15.2 Å². The van der Waals surface area contributed by atoms with Crippen LogP contribution in [0.3, 0.4) is 0 Å². The van der Waals surface area contributed by atoms with Crippen molar-refractivity contribution in [1.29, 1.82) is 0 Å². The van der Waals surface area contributed by atoms with Crippen LogP contribution < -0.4 is 5.73 Å². The molecule has 1 aliphatic heterocycles. The van der Waals surface area contributed by atoms with Gasteiger partial charge in [-0.15, -0.1) is 10.2 Å². The number of aromatic nitrogens is 3. The summed E-state index contributed by atoms with van der Waals surface area (Å²) in [5.41, 5.74) is 3.29. The largest absolute Gasteiger partial charge is 0.418 e. The second-order valence-corrected chi connectivity index (χ2v) is 7.75. The predicted molar refractivity (Wildman–Crippen MR) is 103 cm³/mol. The molecule has 1 unspecified atom stereocenters. The topological polar surface area (TPSA) is 77.8 Å². The number of nitrogen functional groups attached to an aromatic ring is 1. The molecule has 5 nitrogen and oxygen atoms in total. The van der Waals surface area contributed by atoms with Crippen molar-refractivity contribution in [3.8, 4) is 11.6 Å². The minimum absolute atomic E-state index is 0.0387. The van der Waals surface area contributed by atoms with Gasteiger partial charge in [0.1, 0.15) is 5.82 Å². The van der Waals surface area contributed by atoms with E-state index >= 15 is 0 Å². The molecular weight excluding hydrogens is 457 g/mol. The summed E-state index contributed by atoms with van der Waals surface area (Å²) in [6, 6.07) is 4.07. The molecule has 2 aromatic heterocycles. The molecule has 12 heteroatoms. The Bertz CT molecular complexity index is 1170. The Morgan fingerprint density at radius 3 is 2.36 bits per heavy atom. The smallest absolute Gasteiger partial charge is 0.418 e. The summed E-state index contributed by atoms with van der Waals surface area (Å²) in [5, 5.41) is 6.94. The average Bonchev–Trinajstić information content (AvgIpc) is 3.17. The Balaban J connectivity index is 1.90. The third-order valence-corrected chi connectivity index (χ3v) is 5.40. The second kappa shape index (κ2) is 8.31. The maximum absolute atomic E-state index is 14.5. The molecule has 176 valence electrons. The van der Waals surface area contributed by atoms with Crippen molar-refractivity contribution in [3.63, 3.8) is 0 Å². The van der Waals surface area contributed by atoms with E-state index in [9.17, 15) is 30.7 Å². The first-order chi connectivity index (χ1) is 15.4. The first-order valence-electron chi connectivity index (χ1n) is 10.0. The van der Waals surface area contributed by atoms with Crippen LogP contribution in [0.15, 0.2) is 28.7 Å². The lowest BCUT2D eigenvalue weighted by atomic mass is 9.94. The molecule has 0 radical (unpaired) electrons. The van der Waals surface area contributed by atoms with Gasteiger partial charge < -0.3 is 10.2 Å². The molecule has 3 aromatic rings. The van der Waals surface area contributed by atoms with Gasteiger partial charge in [-0.2, -0.15) is 26.3 Å². The molecular formula is C21H17F7N4O. The molecule has 1 atom stereocenters. The van der Waals surface area contributed by atoms with Gasteiger partial charge in [-0.1, -0.05) is 18.6 Å². The molecule has 0 spiro atoms. The van der Waals surface area contributed by atoms with Crippen molar-refractivity contribution in [1.82, 2.24) is 15.2 Å². The Hall–Kier alpha value is -3.18. The van der Waals surface area contributed by atoms with Crippen LogP contribution in [0.4, 0.5) is 36.4 Å². The number of hydrogen-bond donors (Lipinski definition) is 1. The molecule has 1 aromatic carbocycles. The number of alkyl halides is 6. The van der Waals surface area contributed by atoms with E-state index in [4.69, 9.17) is 10.2 Å². The fourth-order valence-electron chi connectivity index (χ4n) is 3.84. The second-order valence-electron chi connectivity index (χ2n) is 7.75. The normalized spacial score (nSPS) is 17.4. The number of fused-ring (bicyclic) bond motifs is 7. The molecule has 0 amide bonds. The minimum atomic E-state index is -4.98. The fraction of sp³-hybridized carbons (Fsp3) is 0.381. The van der Waals surface area contributed by atoms with E-state index in [1.165, 1.54) is 6.07 Å². The molecule has 0 aliphatic carbocycles. The highest BCUT2D eigenvalue weighted by Gasteiger charge is 2.47. The summed E-state index contributed by atoms with van der Waals surface area (Å²) in [7, 11) is 0. The number of anilines is 1. The van der Waals surface area contributed by atoms with Gasteiger partial charge in [-0.3, -0.25) is 0 Å². The van der Waals surface area contributed by atoms with Crippen molar-refractivity contribution in [2.24, 2.45) is 0 Å². The van der Waals surface area contributed by atoms with Crippen LogP contribution >= 0.6 is 0 Å². The number of pyridine rings is 1. The number of aryl methyl sites for hydroxylation is 2. The average molecular weight is 474 g/mol. The number of hydrogen-bond acceptors (Lipinski definition) is 5. The quantitative estimate of drug-likeness (QED) is 0.415. The highest BCUT2D eigenvalue weighted by Crippen LogP contribution is 2.42. The lowest BCUT2D eigenvalue weighted by molar-refractivity contribution is -0.146. The minimum Gasteiger partial charge on any atom is -0.418 e. The molecule has 2 N–H and O–H groups in total. The zero-order chi connectivity index (χ0) is 24.0. The summed E-state index contributed by atoms with van der Waals surface area (Å²) in [4.78, 5) is 3.93. The Labute approximate surface area is 182 Å². The van der Waals surface area contributed by atoms with E-state index in [1.807, 2.05) is 0 Å². The Morgan fingerprint density at radius 2 is 1.67 bits per heavy atom. The van der Waals surface area contributed by atoms with Crippen LogP contribution in [-0.2, 0) is 19.0 Å². The van der Waals surface area contributed by atoms with Crippen molar-refractivity contribution < 1.29 is 35.2 Å². The number of nitrogens with two attached hydrogens (primary N) is 1. The summed E-state index contributed by atoms with van der Waals surface area (Å²) in [6.45, 7) is 0. The van der Waals surface area contributed by atoms with Gasteiger partial charge in [0.25, 0.3) is 5.89 Å². The van der Waals surface area contributed by atoms with E-state index in [0.29, 0.717) is 37.3 Å². The fourth-order valence-corrected chi connectivity index (χ4v) is 3.84. The molecule has 6 bridgehead atoms.